The third-order valence-electron chi connectivity index (χ3n) is 5.66. The molecular formula is C25H38N2O5S. The van der Waals surface area contributed by atoms with E-state index in [0.717, 1.165) is 24.8 Å². The summed E-state index contributed by atoms with van der Waals surface area (Å²) in [6.45, 7) is 6.20. The molecule has 7 nitrogen and oxygen atoms in total. The SMILES string of the molecule is CCCCOC(=O)C(CCc1ccccc1)NC1CSCC(CC(C)C)N(CC(=O)O)C1=O. The normalized spacial score (nSPS) is 19.9. The molecule has 2 rings (SSSR count). The third kappa shape index (κ3) is 9.37. The number of rotatable bonds is 13. The average Bonchev–Trinajstić information content (AvgIpc) is 2.90. The van der Waals surface area contributed by atoms with Crippen molar-refractivity contribution in [2.45, 2.75) is 71.0 Å². The first-order valence-corrected chi connectivity index (χ1v) is 13.0. The van der Waals surface area contributed by atoms with E-state index in [1.807, 2.05) is 37.3 Å². The summed E-state index contributed by atoms with van der Waals surface area (Å²) in [7, 11) is 0. The van der Waals surface area contributed by atoms with Crippen LogP contribution in [0.1, 0.15) is 52.0 Å². The quantitative estimate of drug-likeness (QED) is 0.331. The second kappa shape index (κ2) is 14.3. The highest BCUT2D eigenvalue weighted by molar-refractivity contribution is 7.99. The van der Waals surface area contributed by atoms with E-state index in [-0.39, 0.29) is 24.5 Å². The van der Waals surface area contributed by atoms with Crippen LogP contribution >= 0.6 is 11.8 Å². The Hall–Kier alpha value is -2.06. The van der Waals surface area contributed by atoms with Gasteiger partial charge in [0.2, 0.25) is 5.91 Å². The van der Waals surface area contributed by atoms with E-state index >= 15 is 0 Å². The summed E-state index contributed by atoms with van der Waals surface area (Å²) in [6.07, 6.45) is 3.63. The number of aliphatic carboxylic acids is 1. The van der Waals surface area contributed by atoms with Crippen molar-refractivity contribution in [3.8, 4) is 0 Å². The summed E-state index contributed by atoms with van der Waals surface area (Å²) < 4.78 is 5.48. The molecule has 1 heterocycles. The zero-order chi connectivity index (χ0) is 24.2. The summed E-state index contributed by atoms with van der Waals surface area (Å²) in [5.41, 5.74) is 1.11. The van der Waals surface area contributed by atoms with Crippen LogP contribution in [0.2, 0.25) is 0 Å². The predicted octanol–water partition coefficient (Wildman–Crippen LogP) is 3.36. The zero-order valence-corrected chi connectivity index (χ0v) is 20.8. The highest BCUT2D eigenvalue weighted by Crippen LogP contribution is 2.23. The van der Waals surface area contributed by atoms with E-state index in [9.17, 15) is 19.5 Å². The van der Waals surface area contributed by atoms with Crippen LogP contribution in [0.15, 0.2) is 30.3 Å². The van der Waals surface area contributed by atoms with Gasteiger partial charge in [-0.3, -0.25) is 19.7 Å². The zero-order valence-electron chi connectivity index (χ0n) is 20.0. The Morgan fingerprint density at radius 3 is 2.61 bits per heavy atom. The van der Waals surface area contributed by atoms with Crippen molar-refractivity contribution in [1.82, 2.24) is 10.2 Å². The molecule has 1 saturated heterocycles. The summed E-state index contributed by atoms with van der Waals surface area (Å²) in [6, 6.07) is 8.49. The van der Waals surface area contributed by atoms with Crippen molar-refractivity contribution in [3.05, 3.63) is 35.9 Å². The van der Waals surface area contributed by atoms with Gasteiger partial charge in [-0.25, -0.2) is 0 Å². The maximum Gasteiger partial charge on any atom is 0.323 e. The molecule has 1 aromatic rings. The van der Waals surface area contributed by atoms with E-state index < -0.39 is 18.1 Å². The van der Waals surface area contributed by atoms with Crippen LogP contribution in [0, 0.1) is 5.92 Å². The molecule has 1 amide bonds. The highest BCUT2D eigenvalue weighted by atomic mass is 32.2. The number of carboxylic acids is 1. The Labute approximate surface area is 201 Å². The van der Waals surface area contributed by atoms with E-state index in [2.05, 4.69) is 19.2 Å². The van der Waals surface area contributed by atoms with Crippen molar-refractivity contribution in [2.75, 3.05) is 24.7 Å². The van der Waals surface area contributed by atoms with Crippen LogP contribution in [-0.2, 0) is 25.5 Å². The Bertz CT molecular complexity index is 758. The molecule has 1 aromatic carbocycles. The fourth-order valence-electron chi connectivity index (χ4n) is 3.96. The number of thioether (sulfide) groups is 1. The highest BCUT2D eigenvalue weighted by Gasteiger charge is 2.36. The molecule has 0 bridgehead atoms. The molecule has 8 heteroatoms. The van der Waals surface area contributed by atoms with Crippen molar-refractivity contribution in [3.63, 3.8) is 0 Å². The first-order chi connectivity index (χ1) is 15.8. The predicted molar refractivity (Wildman–Crippen MR) is 131 cm³/mol. The molecule has 0 aromatic heterocycles. The summed E-state index contributed by atoms with van der Waals surface area (Å²) >= 11 is 1.63. The standard InChI is InChI=1S/C25H38N2O5S/c1-4-5-13-32-25(31)21(12-11-19-9-7-6-8-10-19)26-22-17-33-16-20(14-18(2)3)27(24(22)30)15-23(28)29/h6-10,18,20-22,26H,4-5,11-17H2,1-3H3,(H,28,29). The third-order valence-corrected chi connectivity index (χ3v) is 6.85. The maximum absolute atomic E-state index is 13.4. The van der Waals surface area contributed by atoms with Gasteiger partial charge in [0.25, 0.3) is 0 Å². The second-order valence-electron chi connectivity index (χ2n) is 9.00. The minimum Gasteiger partial charge on any atom is -0.480 e. The van der Waals surface area contributed by atoms with Crippen LogP contribution in [0.4, 0.5) is 0 Å². The van der Waals surface area contributed by atoms with Crippen LogP contribution in [-0.4, -0.2) is 70.6 Å². The van der Waals surface area contributed by atoms with E-state index in [1.54, 1.807) is 11.8 Å². The lowest BCUT2D eigenvalue weighted by atomic mass is 10.0. The second-order valence-corrected chi connectivity index (χ2v) is 10.1. The Morgan fingerprint density at radius 2 is 1.97 bits per heavy atom. The van der Waals surface area contributed by atoms with Crippen LogP contribution < -0.4 is 5.32 Å². The Kier molecular flexibility index (Phi) is 11.7. The van der Waals surface area contributed by atoms with Gasteiger partial charge in [-0.05, 0) is 37.2 Å². The molecule has 3 atom stereocenters. The average molecular weight is 479 g/mol. The Balaban J connectivity index is 2.15. The molecule has 0 radical (unpaired) electrons. The van der Waals surface area contributed by atoms with E-state index in [4.69, 9.17) is 4.74 Å². The fourth-order valence-corrected chi connectivity index (χ4v) is 5.16. The van der Waals surface area contributed by atoms with Gasteiger partial charge >= 0.3 is 11.9 Å². The molecule has 0 aliphatic carbocycles. The number of unbranched alkanes of at least 4 members (excludes halogenated alkanes) is 1. The summed E-state index contributed by atoms with van der Waals surface area (Å²) in [5, 5.41) is 12.7. The fraction of sp³-hybridized carbons (Fsp3) is 0.640. The number of aryl methyl sites for hydroxylation is 1. The number of hydrogen-bond donors (Lipinski definition) is 2. The number of carbonyl (C=O) groups excluding carboxylic acids is 2. The number of carboxylic acid groups (broad SMARTS) is 1. The lowest BCUT2D eigenvalue weighted by molar-refractivity contribution is -0.149. The van der Waals surface area contributed by atoms with Crippen molar-refractivity contribution in [2.24, 2.45) is 5.92 Å². The minimum atomic E-state index is -1.03. The summed E-state index contributed by atoms with van der Waals surface area (Å²) in [4.78, 5) is 39.3. The van der Waals surface area contributed by atoms with Gasteiger partial charge in [0.05, 0.1) is 12.6 Å². The number of benzene rings is 1. The van der Waals surface area contributed by atoms with Gasteiger partial charge < -0.3 is 14.7 Å². The lowest BCUT2D eigenvalue weighted by Crippen LogP contribution is -2.55. The minimum absolute atomic E-state index is 0.135. The van der Waals surface area contributed by atoms with Crippen LogP contribution in [0.5, 0.6) is 0 Å². The van der Waals surface area contributed by atoms with Gasteiger partial charge in [-0.1, -0.05) is 57.5 Å². The van der Waals surface area contributed by atoms with Gasteiger partial charge in [0.15, 0.2) is 0 Å². The van der Waals surface area contributed by atoms with Gasteiger partial charge in [0.1, 0.15) is 12.6 Å². The van der Waals surface area contributed by atoms with E-state index in [0.29, 0.717) is 36.9 Å². The number of nitrogens with zero attached hydrogens (tertiary/aromatic N) is 1. The molecular weight excluding hydrogens is 440 g/mol. The van der Waals surface area contributed by atoms with Crippen LogP contribution in [0.3, 0.4) is 0 Å². The van der Waals surface area contributed by atoms with Gasteiger partial charge in [0, 0.05) is 17.5 Å². The number of amides is 1. The maximum atomic E-state index is 13.4. The molecule has 2 N–H and O–H groups in total. The monoisotopic (exact) mass is 478 g/mol. The first kappa shape index (κ1) is 27.2. The van der Waals surface area contributed by atoms with Gasteiger partial charge in [-0.15, -0.1) is 0 Å². The smallest absolute Gasteiger partial charge is 0.323 e. The molecule has 1 fully saturated rings. The summed E-state index contributed by atoms with van der Waals surface area (Å²) in [5.74, 6) is -0.110. The Morgan fingerprint density at radius 1 is 1.24 bits per heavy atom. The first-order valence-electron chi connectivity index (χ1n) is 11.9. The number of hydrogen-bond acceptors (Lipinski definition) is 6. The molecule has 3 unspecified atom stereocenters. The molecule has 33 heavy (non-hydrogen) atoms. The molecule has 184 valence electrons. The largest absolute Gasteiger partial charge is 0.480 e. The molecule has 0 saturated carbocycles. The lowest BCUT2D eigenvalue weighted by Gasteiger charge is -2.32. The van der Waals surface area contributed by atoms with Crippen molar-refractivity contribution in [1.29, 1.82) is 0 Å². The van der Waals surface area contributed by atoms with Gasteiger partial charge in [-0.2, -0.15) is 11.8 Å². The van der Waals surface area contributed by atoms with Crippen LogP contribution in [0.25, 0.3) is 0 Å². The molecule has 1 aliphatic rings. The van der Waals surface area contributed by atoms with Crippen molar-refractivity contribution >= 4 is 29.6 Å². The number of esters is 1. The van der Waals surface area contributed by atoms with Crippen molar-refractivity contribution < 1.29 is 24.2 Å². The molecule has 1 aliphatic heterocycles. The number of ether oxygens (including phenoxy) is 1. The number of nitrogens with one attached hydrogen (secondary N) is 1. The topological polar surface area (TPSA) is 95.9 Å². The van der Waals surface area contributed by atoms with E-state index in [1.165, 1.54) is 4.90 Å². The molecule has 0 spiro atoms. The number of carbonyl (C=O) groups is 3.